The number of benzene rings is 3. The van der Waals surface area contributed by atoms with E-state index in [0.717, 1.165) is 5.56 Å². The number of ether oxygens (including phenoxy) is 2. The van der Waals surface area contributed by atoms with Crippen molar-refractivity contribution >= 4 is 38.1 Å². The smallest absolute Gasteiger partial charge is 0.343 e. The first-order valence-electron chi connectivity index (χ1n) is 9.06. The van der Waals surface area contributed by atoms with Crippen molar-refractivity contribution in [1.82, 2.24) is 4.83 Å². The van der Waals surface area contributed by atoms with Crippen LogP contribution in [0.3, 0.4) is 0 Å². The van der Waals surface area contributed by atoms with Gasteiger partial charge >= 0.3 is 5.97 Å². The molecule has 0 unspecified atom stereocenters. The highest BCUT2D eigenvalue weighted by molar-refractivity contribution is 9.10. The van der Waals surface area contributed by atoms with E-state index >= 15 is 0 Å². The van der Waals surface area contributed by atoms with Crippen LogP contribution < -0.4 is 14.3 Å². The number of nitrogens with zero attached hydrogens (tertiary/aromatic N) is 1. The zero-order valence-electron chi connectivity index (χ0n) is 16.7. The fraction of sp³-hybridized carbons (Fsp3) is 0.0909. The molecule has 0 aliphatic carbocycles. The molecule has 3 rings (SSSR count). The molecule has 0 saturated carbocycles. The predicted molar refractivity (Wildman–Crippen MR) is 121 cm³/mol. The van der Waals surface area contributed by atoms with Crippen LogP contribution in [0, 0.1) is 6.92 Å². The molecule has 0 aliphatic heterocycles. The SMILES string of the molecule is COc1ccc(C(=O)Oc2ccc(Br)cc2/C=N/NS(=O)(=O)c2ccc(C)cc2)cc1. The van der Waals surface area contributed by atoms with Gasteiger partial charge in [0.25, 0.3) is 10.0 Å². The number of aryl methyl sites for hydroxylation is 1. The van der Waals surface area contributed by atoms with Gasteiger partial charge in [0.2, 0.25) is 0 Å². The van der Waals surface area contributed by atoms with Gasteiger partial charge in [-0.05, 0) is 61.5 Å². The maximum absolute atomic E-state index is 12.5. The summed E-state index contributed by atoms with van der Waals surface area (Å²) in [7, 11) is -2.29. The molecule has 160 valence electrons. The van der Waals surface area contributed by atoms with Gasteiger partial charge in [-0.2, -0.15) is 13.5 Å². The summed E-state index contributed by atoms with van der Waals surface area (Å²) in [5.74, 6) is 0.274. The highest BCUT2D eigenvalue weighted by Crippen LogP contribution is 2.23. The van der Waals surface area contributed by atoms with Crippen molar-refractivity contribution in [3.05, 3.63) is 87.9 Å². The Morgan fingerprint density at radius 1 is 1.03 bits per heavy atom. The number of sulfonamides is 1. The minimum atomic E-state index is -3.82. The number of carbonyl (C=O) groups is 1. The second-order valence-electron chi connectivity index (χ2n) is 6.47. The molecular formula is C22H19BrN2O5S. The van der Waals surface area contributed by atoms with E-state index in [-0.39, 0.29) is 10.6 Å². The summed E-state index contributed by atoms with van der Waals surface area (Å²) in [6, 6.07) is 17.8. The van der Waals surface area contributed by atoms with E-state index in [1.54, 1.807) is 54.6 Å². The van der Waals surface area contributed by atoms with Gasteiger partial charge in [0, 0.05) is 10.0 Å². The Morgan fingerprint density at radius 3 is 2.35 bits per heavy atom. The van der Waals surface area contributed by atoms with Crippen molar-refractivity contribution in [3.8, 4) is 11.5 Å². The molecular weight excluding hydrogens is 484 g/mol. The lowest BCUT2D eigenvalue weighted by Gasteiger charge is -2.09. The van der Waals surface area contributed by atoms with Gasteiger partial charge in [0.05, 0.1) is 23.8 Å². The lowest BCUT2D eigenvalue weighted by atomic mass is 10.2. The van der Waals surface area contributed by atoms with Crippen LogP contribution in [0.4, 0.5) is 0 Å². The maximum atomic E-state index is 12.5. The van der Waals surface area contributed by atoms with Gasteiger partial charge in [-0.1, -0.05) is 33.6 Å². The van der Waals surface area contributed by atoms with Crippen LogP contribution in [-0.4, -0.2) is 27.7 Å². The molecule has 9 heteroatoms. The zero-order valence-corrected chi connectivity index (χ0v) is 19.1. The fourth-order valence-electron chi connectivity index (χ4n) is 2.53. The first-order valence-corrected chi connectivity index (χ1v) is 11.3. The largest absolute Gasteiger partial charge is 0.497 e. The van der Waals surface area contributed by atoms with Gasteiger partial charge in [0.15, 0.2) is 0 Å². The molecule has 0 radical (unpaired) electrons. The number of hydrogen-bond donors (Lipinski definition) is 1. The minimum absolute atomic E-state index is 0.0932. The predicted octanol–water partition coefficient (Wildman–Crippen LogP) is 4.30. The van der Waals surface area contributed by atoms with Gasteiger partial charge in [0.1, 0.15) is 11.5 Å². The number of hydrazone groups is 1. The standard InChI is InChI=1S/C22H19BrN2O5S/c1-15-3-10-20(11-4-15)31(27,28)25-24-14-17-13-18(23)7-12-21(17)30-22(26)16-5-8-19(29-2)9-6-16/h3-14,25H,1-2H3/b24-14+. The number of nitrogens with one attached hydrogen (secondary N) is 1. The average molecular weight is 503 g/mol. The van der Waals surface area contributed by atoms with Crippen molar-refractivity contribution in [2.24, 2.45) is 5.10 Å². The molecule has 0 aliphatic rings. The third-order valence-electron chi connectivity index (χ3n) is 4.21. The van der Waals surface area contributed by atoms with Crippen LogP contribution in [0.1, 0.15) is 21.5 Å². The molecule has 0 aromatic heterocycles. The first-order chi connectivity index (χ1) is 14.8. The van der Waals surface area contributed by atoms with E-state index in [0.29, 0.717) is 21.3 Å². The van der Waals surface area contributed by atoms with Crippen LogP contribution in [0.2, 0.25) is 0 Å². The molecule has 0 amide bonds. The van der Waals surface area contributed by atoms with E-state index in [4.69, 9.17) is 9.47 Å². The summed E-state index contributed by atoms with van der Waals surface area (Å²) >= 11 is 3.34. The fourth-order valence-corrected chi connectivity index (χ4v) is 3.70. The van der Waals surface area contributed by atoms with Crippen LogP contribution in [0.15, 0.2) is 81.2 Å². The van der Waals surface area contributed by atoms with E-state index in [1.807, 2.05) is 6.92 Å². The molecule has 1 N–H and O–H groups in total. The van der Waals surface area contributed by atoms with Crippen molar-refractivity contribution in [3.63, 3.8) is 0 Å². The molecule has 0 spiro atoms. The second-order valence-corrected chi connectivity index (χ2v) is 9.04. The third kappa shape index (κ3) is 5.93. The minimum Gasteiger partial charge on any atom is -0.497 e. The normalized spacial score (nSPS) is 11.3. The molecule has 7 nitrogen and oxygen atoms in total. The summed E-state index contributed by atoms with van der Waals surface area (Å²) in [6.45, 7) is 1.87. The van der Waals surface area contributed by atoms with Crippen molar-refractivity contribution in [2.45, 2.75) is 11.8 Å². The van der Waals surface area contributed by atoms with Gasteiger partial charge in [-0.25, -0.2) is 9.63 Å². The van der Waals surface area contributed by atoms with E-state index in [2.05, 4.69) is 25.9 Å². The molecule has 0 heterocycles. The van der Waals surface area contributed by atoms with E-state index in [9.17, 15) is 13.2 Å². The summed E-state index contributed by atoms with van der Waals surface area (Å²) < 4.78 is 36.0. The van der Waals surface area contributed by atoms with Gasteiger partial charge in [-0.15, -0.1) is 0 Å². The Bertz CT molecular complexity index is 1210. The molecule has 0 bridgehead atoms. The quantitative estimate of drug-likeness (QED) is 0.225. The highest BCUT2D eigenvalue weighted by atomic mass is 79.9. The number of methoxy groups -OCH3 is 1. The maximum Gasteiger partial charge on any atom is 0.343 e. The summed E-state index contributed by atoms with van der Waals surface area (Å²) in [5.41, 5.74) is 1.69. The Balaban J connectivity index is 1.77. The van der Waals surface area contributed by atoms with E-state index in [1.165, 1.54) is 25.5 Å². The monoisotopic (exact) mass is 502 g/mol. The first kappa shape index (κ1) is 22.5. The zero-order chi connectivity index (χ0) is 22.4. The third-order valence-corrected chi connectivity index (χ3v) is 5.94. The van der Waals surface area contributed by atoms with Crippen LogP contribution in [-0.2, 0) is 10.0 Å². The topological polar surface area (TPSA) is 94.1 Å². The number of esters is 1. The average Bonchev–Trinajstić information content (AvgIpc) is 2.75. The van der Waals surface area contributed by atoms with E-state index < -0.39 is 16.0 Å². The highest BCUT2D eigenvalue weighted by Gasteiger charge is 2.14. The number of hydrogen-bond acceptors (Lipinski definition) is 6. The lowest BCUT2D eigenvalue weighted by Crippen LogP contribution is -2.18. The van der Waals surface area contributed by atoms with Crippen LogP contribution in [0.5, 0.6) is 11.5 Å². The Hall–Kier alpha value is -3.17. The Labute approximate surface area is 188 Å². The van der Waals surface area contributed by atoms with Gasteiger partial charge in [-0.3, -0.25) is 0 Å². The molecule has 3 aromatic carbocycles. The molecule has 0 atom stereocenters. The van der Waals surface area contributed by atoms with Gasteiger partial charge < -0.3 is 9.47 Å². The van der Waals surface area contributed by atoms with Crippen molar-refractivity contribution in [1.29, 1.82) is 0 Å². The number of rotatable bonds is 7. The van der Waals surface area contributed by atoms with Crippen LogP contribution in [0.25, 0.3) is 0 Å². The lowest BCUT2D eigenvalue weighted by molar-refractivity contribution is 0.0734. The summed E-state index contributed by atoms with van der Waals surface area (Å²) in [6.07, 6.45) is 1.27. The van der Waals surface area contributed by atoms with Crippen LogP contribution >= 0.6 is 15.9 Å². The molecule has 0 fully saturated rings. The number of carbonyl (C=O) groups excluding carboxylic acids is 1. The summed E-state index contributed by atoms with van der Waals surface area (Å²) in [4.78, 5) is 14.7. The summed E-state index contributed by atoms with van der Waals surface area (Å²) in [5, 5.41) is 3.82. The molecule has 31 heavy (non-hydrogen) atoms. The van der Waals surface area contributed by atoms with Crippen molar-refractivity contribution in [2.75, 3.05) is 7.11 Å². The second kappa shape index (κ2) is 9.76. The Morgan fingerprint density at radius 2 is 1.71 bits per heavy atom. The Kier molecular flexibility index (Phi) is 7.09. The molecule has 0 saturated heterocycles. The molecule has 3 aromatic rings. The number of halogens is 1. The van der Waals surface area contributed by atoms with Crippen molar-refractivity contribution < 1.29 is 22.7 Å².